The Labute approximate surface area is 70.7 Å². The van der Waals surface area contributed by atoms with Gasteiger partial charge in [-0.05, 0) is 12.8 Å². The van der Waals surface area contributed by atoms with Crippen molar-refractivity contribution in [2.75, 3.05) is 13.1 Å². The summed E-state index contributed by atoms with van der Waals surface area (Å²) in [5, 5.41) is 0. The predicted molar refractivity (Wildman–Crippen MR) is 42.3 cm³/mol. The van der Waals surface area contributed by atoms with E-state index in [1.807, 2.05) is 4.90 Å². The predicted octanol–water partition coefficient (Wildman–Crippen LogP) is -0.865. The second-order valence-electron chi connectivity index (χ2n) is 3.52. The highest BCUT2D eigenvalue weighted by atomic mass is 16.2. The van der Waals surface area contributed by atoms with Crippen LogP contribution in [0.3, 0.4) is 0 Å². The second-order valence-corrected chi connectivity index (χ2v) is 3.52. The van der Waals surface area contributed by atoms with Crippen molar-refractivity contribution in [3.05, 3.63) is 0 Å². The van der Waals surface area contributed by atoms with Crippen LogP contribution < -0.4 is 5.73 Å². The number of primary amides is 1. The average Bonchev–Trinajstić information content (AvgIpc) is 2.05. The van der Waals surface area contributed by atoms with Crippen molar-refractivity contribution in [1.82, 2.24) is 4.90 Å². The fourth-order valence-corrected chi connectivity index (χ4v) is 2.17. The first-order chi connectivity index (χ1) is 5.70. The molecule has 3 heterocycles. The SMILES string of the molecule is NC(=O)C1C(=O)C2CCN1CC2. The molecule has 3 aliphatic rings. The number of amides is 1. The quantitative estimate of drug-likeness (QED) is 0.518. The molecule has 0 radical (unpaired) electrons. The van der Waals surface area contributed by atoms with Crippen LogP contribution in [-0.2, 0) is 9.59 Å². The Kier molecular flexibility index (Phi) is 1.65. The molecular weight excluding hydrogens is 156 g/mol. The molecule has 2 N–H and O–H groups in total. The summed E-state index contributed by atoms with van der Waals surface area (Å²) in [6, 6.07) is -0.613. The van der Waals surface area contributed by atoms with Crippen LogP contribution in [0, 0.1) is 5.92 Å². The van der Waals surface area contributed by atoms with Gasteiger partial charge in [-0.3, -0.25) is 14.5 Å². The molecule has 4 heteroatoms. The fourth-order valence-electron chi connectivity index (χ4n) is 2.17. The van der Waals surface area contributed by atoms with Crippen LogP contribution in [-0.4, -0.2) is 35.7 Å². The van der Waals surface area contributed by atoms with Gasteiger partial charge < -0.3 is 5.73 Å². The van der Waals surface area contributed by atoms with E-state index in [-0.39, 0.29) is 11.7 Å². The van der Waals surface area contributed by atoms with Gasteiger partial charge in [0, 0.05) is 19.0 Å². The van der Waals surface area contributed by atoms with Crippen LogP contribution in [0.25, 0.3) is 0 Å². The maximum atomic E-state index is 11.5. The zero-order chi connectivity index (χ0) is 8.72. The molecule has 0 spiro atoms. The van der Waals surface area contributed by atoms with Gasteiger partial charge in [-0.1, -0.05) is 0 Å². The third-order valence-electron chi connectivity index (χ3n) is 2.84. The Balaban J connectivity index is 2.24. The first kappa shape index (κ1) is 7.73. The minimum absolute atomic E-state index is 0.0417. The lowest BCUT2D eigenvalue weighted by Gasteiger charge is -2.42. The highest BCUT2D eigenvalue weighted by Gasteiger charge is 2.43. The first-order valence-corrected chi connectivity index (χ1v) is 4.27. The van der Waals surface area contributed by atoms with Gasteiger partial charge in [0.05, 0.1) is 0 Å². The van der Waals surface area contributed by atoms with Crippen molar-refractivity contribution in [2.24, 2.45) is 11.7 Å². The summed E-state index contributed by atoms with van der Waals surface area (Å²) in [5.74, 6) is -0.336. The van der Waals surface area contributed by atoms with Gasteiger partial charge in [-0.25, -0.2) is 0 Å². The summed E-state index contributed by atoms with van der Waals surface area (Å²) >= 11 is 0. The molecule has 0 aromatic carbocycles. The number of piperidine rings is 3. The lowest BCUT2D eigenvalue weighted by Crippen LogP contribution is -2.60. The summed E-state index contributed by atoms with van der Waals surface area (Å²) in [5.41, 5.74) is 5.14. The Morgan fingerprint density at radius 3 is 2.33 bits per heavy atom. The van der Waals surface area contributed by atoms with Crippen molar-refractivity contribution >= 4 is 11.7 Å². The zero-order valence-electron chi connectivity index (χ0n) is 6.82. The van der Waals surface area contributed by atoms with E-state index in [1.165, 1.54) is 0 Å². The molecule has 2 bridgehead atoms. The molecule has 0 aliphatic carbocycles. The van der Waals surface area contributed by atoms with Gasteiger partial charge in [-0.2, -0.15) is 0 Å². The normalized spacial score (nSPS) is 40.0. The zero-order valence-corrected chi connectivity index (χ0v) is 6.82. The van der Waals surface area contributed by atoms with Crippen LogP contribution >= 0.6 is 0 Å². The lowest BCUT2D eigenvalue weighted by atomic mass is 9.82. The van der Waals surface area contributed by atoms with E-state index >= 15 is 0 Å². The molecule has 4 nitrogen and oxygen atoms in total. The minimum Gasteiger partial charge on any atom is -0.368 e. The summed E-state index contributed by atoms with van der Waals surface area (Å²) in [6.07, 6.45) is 1.81. The van der Waals surface area contributed by atoms with Crippen molar-refractivity contribution in [1.29, 1.82) is 0 Å². The Bertz CT molecular complexity index is 231. The summed E-state index contributed by atoms with van der Waals surface area (Å²) in [4.78, 5) is 24.3. The largest absolute Gasteiger partial charge is 0.368 e. The fraction of sp³-hybridized carbons (Fsp3) is 0.750. The summed E-state index contributed by atoms with van der Waals surface area (Å²) in [7, 11) is 0. The Morgan fingerprint density at radius 2 is 2.00 bits per heavy atom. The molecule has 3 fully saturated rings. The molecule has 0 saturated carbocycles. The Morgan fingerprint density at radius 1 is 1.42 bits per heavy atom. The number of carbonyl (C=O) groups is 2. The number of hydrogen-bond donors (Lipinski definition) is 1. The van der Waals surface area contributed by atoms with Gasteiger partial charge in [0.2, 0.25) is 5.91 Å². The van der Waals surface area contributed by atoms with Crippen LogP contribution in [0.4, 0.5) is 0 Å². The summed E-state index contributed by atoms with van der Waals surface area (Å²) < 4.78 is 0. The molecular formula is C8H12N2O2. The maximum Gasteiger partial charge on any atom is 0.242 e. The van der Waals surface area contributed by atoms with E-state index in [4.69, 9.17) is 5.73 Å². The maximum absolute atomic E-state index is 11.5. The molecule has 1 atom stereocenters. The smallest absolute Gasteiger partial charge is 0.242 e. The molecule has 0 aromatic rings. The molecule has 3 saturated heterocycles. The Hall–Kier alpha value is -0.900. The summed E-state index contributed by atoms with van der Waals surface area (Å²) in [6.45, 7) is 1.70. The van der Waals surface area contributed by atoms with Crippen LogP contribution in [0.1, 0.15) is 12.8 Å². The first-order valence-electron chi connectivity index (χ1n) is 4.27. The van der Waals surface area contributed by atoms with Gasteiger partial charge in [0.1, 0.15) is 6.04 Å². The van der Waals surface area contributed by atoms with Gasteiger partial charge in [0.15, 0.2) is 5.78 Å². The van der Waals surface area contributed by atoms with E-state index in [9.17, 15) is 9.59 Å². The molecule has 12 heavy (non-hydrogen) atoms. The molecule has 1 amide bonds. The number of nitrogens with two attached hydrogens (primary N) is 1. The molecule has 66 valence electrons. The third-order valence-corrected chi connectivity index (χ3v) is 2.84. The third kappa shape index (κ3) is 0.948. The van der Waals surface area contributed by atoms with E-state index in [0.29, 0.717) is 0 Å². The number of fused-ring (bicyclic) bond motifs is 3. The van der Waals surface area contributed by atoms with E-state index in [0.717, 1.165) is 25.9 Å². The van der Waals surface area contributed by atoms with Crippen molar-refractivity contribution in [3.8, 4) is 0 Å². The number of hydrogen-bond acceptors (Lipinski definition) is 3. The van der Waals surface area contributed by atoms with Gasteiger partial charge in [-0.15, -0.1) is 0 Å². The molecule has 3 aliphatic heterocycles. The molecule has 3 rings (SSSR count). The highest BCUT2D eigenvalue weighted by molar-refractivity contribution is 6.06. The van der Waals surface area contributed by atoms with Crippen LogP contribution in [0.15, 0.2) is 0 Å². The minimum atomic E-state index is -0.613. The highest BCUT2D eigenvalue weighted by Crippen LogP contribution is 2.28. The van der Waals surface area contributed by atoms with E-state index in [2.05, 4.69) is 0 Å². The number of nitrogens with zero attached hydrogens (tertiary/aromatic N) is 1. The average molecular weight is 168 g/mol. The van der Waals surface area contributed by atoms with Gasteiger partial charge >= 0.3 is 0 Å². The number of ketones is 1. The lowest BCUT2D eigenvalue weighted by molar-refractivity contribution is -0.144. The number of Topliss-reactive ketones (excluding diaryl/α,β-unsaturated/α-hetero) is 1. The molecule has 1 unspecified atom stereocenters. The van der Waals surface area contributed by atoms with E-state index in [1.54, 1.807) is 0 Å². The monoisotopic (exact) mass is 168 g/mol. The van der Waals surface area contributed by atoms with Crippen molar-refractivity contribution in [2.45, 2.75) is 18.9 Å². The molecule has 0 aromatic heterocycles. The van der Waals surface area contributed by atoms with Crippen LogP contribution in [0.2, 0.25) is 0 Å². The second kappa shape index (κ2) is 2.55. The number of carbonyl (C=O) groups excluding carboxylic acids is 2. The standard InChI is InChI=1S/C8H12N2O2/c9-8(12)6-7(11)5-1-3-10(6)4-2-5/h5-6H,1-4H2,(H2,9,12). The van der Waals surface area contributed by atoms with E-state index < -0.39 is 11.9 Å². The number of rotatable bonds is 1. The van der Waals surface area contributed by atoms with Crippen LogP contribution in [0.5, 0.6) is 0 Å². The topological polar surface area (TPSA) is 63.4 Å². The van der Waals surface area contributed by atoms with Crippen molar-refractivity contribution < 1.29 is 9.59 Å². The van der Waals surface area contributed by atoms with Crippen molar-refractivity contribution in [3.63, 3.8) is 0 Å². The van der Waals surface area contributed by atoms with Gasteiger partial charge in [0.25, 0.3) is 0 Å².